The zero-order valence-corrected chi connectivity index (χ0v) is 18.3. The Bertz CT molecular complexity index is 1090. The lowest BCUT2D eigenvalue weighted by Gasteiger charge is -2.10. The van der Waals surface area contributed by atoms with Crippen LogP contribution in [0, 0.1) is 6.92 Å². The maximum Gasteiger partial charge on any atom is 0.338 e. The van der Waals surface area contributed by atoms with Gasteiger partial charge in [0.25, 0.3) is 0 Å². The van der Waals surface area contributed by atoms with Crippen LogP contribution >= 0.6 is 11.8 Å². The number of amides is 1. The van der Waals surface area contributed by atoms with Gasteiger partial charge in [-0.25, -0.2) is 4.79 Å². The fraction of sp³-hybridized carbons (Fsp3) is 0.217. The number of hydrogen-bond donors (Lipinski definition) is 1. The molecule has 8 heteroatoms. The van der Waals surface area contributed by atoms with Crippen molar-refractivity contribution in [2.24, 2.45) is 0 Å². The van der Waals surface area contributed by atoms with E-state index in [0.29, 0.717) is 29.6 Å². The van der Waals surface area contributed by atoms with Gasteiger partial charge in [-0.05, 0) is 37.6 Å². The van der Waals surface area contributed by atoms with E-state index in [1.807, 2.05) is 35.8 Å². The van der Waals surface area contributed by atoms with E-state index in [2.05, 4.69) is 22.1 Å². The van der Waals surface area contributed by atoms with Crippen LogP contribution < -0.4 is 5.32 Å². The van der Waals surface area contributed by atoms with E-state index in [0.717, 1.165) is 17.0 Å². The molecule has 7 nitrogen and oxygen atoms in total. The van der Waals surface area contributed by atoms with Crippen LogP contribution in [0.5, 0.6) is 0 Å². The Kier molecular flexibility index (Phi) is 7.61. The van der Waals surface area contributed by atoms with Crippen molar-refractivity contribution < 1.29 is 14.3 Å². The van der Waals surface area contributed by atoms with E-state index in [1.54, 1.807) is 37.3 Å². The summed E-state index contributed by atoms with van der Waals surface area (Å²) in [5.41, 5.74) is 3.00. The van der Waals surface area contributed by atoms with Gasteiger partial charge < -0.3 is 10.1 Å². The zero-order chi connectivity index (χ0) is 22.2. The van der Waals surface area contributed by atoms with E-state index >= 15 is 0 Å². The van der Waals surface area contributed by atoms with E-state index in [-0.39, 0.29) is 11.7 Å². The molecular weight excluding hydrogens is 412 g/mol. The topological polar surface area (TPSA) is 86.1 Å². The maximum atomic E-state index is 12.5. The molecule has 160 valence electrons. The molecule has 0 aliphatic rings. The van der Waals surface area contributed by atoms with Crippen LogP contribution in [0.4, 0.5) is 5.69 Å². The number of hydrogen-bond acceptors (Lipinski definition) is 6. The number of nitrogens with one attached hydrogen (secondary N) is 1. The number of aryl methyl sites for hydroxylation is 1. The van der Waals surface area contributed by atoms with E-state index < -0.39 is 5.97 Å². The minimum atomic E-state index is -0.422. The SMILES string of the molecule is C=CCn1c(SCC(=O)Nc2cccc(C(=O)OCC)c2)nnc1-c1ccccc1C. The van der Waals surface area contributed by atoms with E-state index in [9.17, 15) is 9.59 Å². The lowest BCUT2D eigenvalue weighted by molar-refractivity contribution is -0.113. The molecule has 0 saturated heterocycles. The molecule has 31 heavy (non-hydrogen) atoms. The third-order valence-electron chi connectivity index (χ3n) is 4.40. The highest BCUT2D eigenvalue weighted by atomic mass is 32.2. The number of carbonyl (C=O) groups excluding carboxylic acids is 2. The van der Waals surface area contributed by atoms with Crippen molar-refractivity contribution in [3.05, 3.63) is 72.3 Å². The summed E-state index contributed by atoms with van der Waals surface area (Å²) in [6, 6.07) is 14.6. The maximum absolute atomic E-state index is 12.5. The summed E-state index contributed by atoms with van der Waals surface area (Å²) in [5.74, 6) is 0.251. The third-order valence-corrected chi connectivity index (χ3v) is 5.37. The number of ether oxygens (including phenoxy) is 1. The highest BCUT2D eigenvalue weighted by molar-refractivity contribution is 7.99. The minimum Gasteiger partial charge on any atom is -0.462 e. The second kappa shape index (κ2) is 10.6. The summed E-state index contributed by atoms with van der Waals surface area (Å²) in [4.78, 5) is 24.3. The van der Waals surface area contributed by atoms with Crippen LogP contribution in [0.15, 0.2) is 66.3 Å². The Morgan fingerprint density at radius 1 is 1.19 bits per heavy atom. The number of benzene rings is 2. The monoisotopic (exact) mass is 436 g/mol. The number of rotatable bonds is 9. The summed E-state index contributed by atoms with van der Waals surface area (Å²) in [7, 11) is 0. The first-order valence-electron chi connectivity index (χ1n) is 9.83. The van der Waals surface area contributed by atoms with Crippen LogP contribution in [0.2, 0.25) is 0 Å². The van der Waals surface area contributed by atoms with E-state index in [4.69, 9.17) is 4.74 Å². The molecule has 0 bridgehead atoms. The fourth-order valence-corrected chi connectivity index (χ4v) is 3.73. The average Bonchev–Trinajstić information content (AvgIpc) is 3.15. The van der Waals surface area contributed by atoms with Crippen LogP contribution in [-0.2, 0) is 16.1 Å². The third kappa shape index (κ3) is 5.61. The van der Waals surface area contributed by atoms with Gasteiger partial charge in [-0.1, -0.05) is 48.2 Å². The van der Waals surface area contributed by atoms with Crippen molar-refractivity contribution in [1.82, 2.24) is 14.8 Å². The van der Waals surface area contributed by atoms with Crippen molar-refractivity contribution in [1.29, 1.82) is 0 Å². The van der Waals surface area contributed by atoms with Crippen molar-refractivity contribution in [2.75, 3.05) is 17.7 Å². The molecule has 0 spiro atoms. The first-order chi connectivity index (χ1) is 15.0. The number of carbonyl (C=O) groups is 2. The molecule has 1 heterocycles. The highest BCUT2D eigenvalue weighted by Gasteiger charge is 2.16. The zero-order valence-electron chi connectivity index (χ0n) is 17.5. The molecule has 0 fully saturated rings. The average molecular weight is 437 g/mol. The largest absolute Gasteiger partial charge is 0.462 e. The van der Waals surface area contributed by atoms with Crippen molar-refractivity contribution in [3.63, 3.8) is 0 Å². The molecule has 1 N–H and O–H groups in total. The van der Waals surface area contributed by atoms with Gasteiger partial charge in [0.05, 0.1) is 17.9 Å². The normalized spacial score (nSPS) is 10.5. The van der Waals surface area contributed by atoms with Gasteiger partial charge in [-0.15, -0.1) is 16.8 Å². The van der Waals surface area contributed by atoms with Gasteiger partial charge in [0.2, 0.25) is 5.91 Å². The molecule has 0 saturated carbocycles. The van der Waals surface area contributed by atoms with Gasteiger partial charge in [0, 0.05) is 17.8 Å². The van der Waals surface area contributed by atoms with Crippen molar-refractivity contribution >= 4 is 29.3 Å². The molecule has 0 aliphatic carbocycles. The quantitative estimate of drug-likeness (QED) is 0.305. The Balaban J connectivity index is 1.69. The van der Waals surface area contributed by atoms with Crippen LogP contribution in [0.1, 0.15) is 22.8 Å². The fourth-order valence-electron chi connectivity index (χ4n) is 2.98. The number of allylic oxidation sites excluding steroid dienone is 1. The summed E-state index contributed by atoms with van der Waals surface area (Å²) in [5, 5.41) is 12.0. The number of aromatic nitrogens is 3. The predicted octanol–water partition coefficient (Wildman–Crippen LogP) is 4.35. The van der Waals surface area contributed by atoms with Crippen LogP contribution in [0.3, 0.4) is 0 Å². The summed E-state index contributed by atoms with van der Waals surface area (Å²) in [6.07, 6.45) is 1.77. The van der Waals surface area contributed by atoms with Crippen molar-refractivity contribution in [2.45, 2.75) is 25.5 Å². The molecule has 1 aromatic heterocycles. The van der Waals surface area contributed by atoms with Gasteiger partial charge in [-0.2, -0.15) is 0 Å². The molecule has 3 rings (SSSR count). The summed E-state index contributed by atoms with van der Waals surface area (Å²) < 4.78 is 6.93. The van der Waals surface area contributed by atoms with Gasteiger partial charge >= 0.3 is 5.97 Å². The van der Waals surface area contributed by atoms with Crippen LogP contribution in [0.25, 0.3) is 11.4 Å². The smallest absolute Gasteiger partial charge is 0.338 e. The number of nitrogens with zero attached hydrogens (tertiary/aromatic N) is 3. The lowest BCUT2D eigenvalue weighted by Crippen LogP contribution is -2.15. The molecule has 0 radical (unpaired) electrons. The number of esters is 1. The van der Waals surface area contributed by atoms with Gasteiger partial charge in [0.1, 0.15) is 0 Å². The van der Waals surface area contributed by atoms with Gasteiger partial charge in [-0.3, -0.25) is 9.36 Å². The first-order valence-corrected chi connectivity index (χ1v) is 10.8. The number of thioether (sulfide) groups is 1. The summed E-state index contributed by atoms with van der Waals surface area (Å²) in [6.45, 7) is 8.41. The molecule has 2 aromatic carbocycles. The Hall–Kier alpha value is -3.39. The molecule has 1 amide bonds. The highest BCUT2D eigenvalue weighted by Crippen LogP contribution is 2.26. The molecule has 3 aromatic rings. The Labute approximate surface area is 185 Å². The van der Waals surface area contributed by atoms with Crippen molar-refractivity contribution in [3.8, 4) is 11.4 Å². The Morgan fingerprint density at radius 3 is 2.74 bits per heavy atom. The number of anilines is 1. The van der Waals surface area contributed by atoms with Crippen LogP contribution in [-0.4, -0.2) is 39.0 Å². The van der Waals surface area contributed by atoms with E-state index in [1.165, 1.54) is 11.8 Å². The molecule has 0 unspecified atom stereocenters. The standard InChI is InChI=1S/C23H24N4O3S/c1-4-13-27-21(19-12-7-6-9-16(19)3)25-26-23(27)31-15-20(28)24-18-11-8-10-17(14-18)22(29)30-5-2/h4,6-12,14H,1,5,13,15H2,2-3H3,(H,24,28). The summed E-state index contributed by atoms with van der Waals surface area (Å²) >= 11 is 1.29. The second-order valence-corrected chi connectivity index (χ2v) is 7.60. The Morgan fingerprint density at radius 2 is 2.00 bits per heavy atom. The second-order valence-electron chi connectivity index (χ2n) is 6.66. The minimum absolute atomic E-state index is 0.146. The predicted molar refractivity (Wildman–Crippen MR) is 122 cm³/mol. The molecular formula is C23H24N4O3S. The first kappa shape index (κ1) is 22.3. The van der Waals surface area contributed by atoms with Gasteiger partial charge in [0.15, 0.2) is 11.0 Å². The lowest BCUT2D eigenvalue weighted by atomic mass is 10.1. The molecule has 0 atom stereocenters. The molecule has 0 aliphatic heterocycles.